The Bertz CT molecular complexity index is 960. The molecule has 0 aromatic heterocycles. The molecule has 0 aliphatic carbocycles. The van der Waals surface area contributed by atoms with Gasteiger partial charge in [-0.25, -0.2) is 0 Å². The van der Waals surface area contributed by atoms with Crippen molar-refractivity contribution < 1.29 is 38.7 Å². The van der Waals surface area contributed by atoms with Gasteiger partial charge in [-0.05, 0) is 60.1 Å². The van der Waals surface area contributed by atoms with E-state index in [0.29, 0.717) is 36.2 Å². The predicted octanol–water partition coefficient (Wildman–Crippen LogP) is 5.45. The summed E-state index contributed by atoms with van der Waals surface area (Å²) in [7, 11) is 0. The molecule has 2 aromatic carbocycles. The van der Waals surface area contributed by atoms with Gasteiger partial charge < -0.3 is 29.2 Å². The van der Waals surface area contributed by atoms with Gasteiger partial charge in [0.05, 0.1) is 0 Å². The minimum Gasteiger partial charge on any atom is -0.491 e. The van der Waals surface area contributed by atoms with Gasteiger partial charge >= 0.3 is 11.9 Å². The van der Waals surface area contributed by atoms with E-state index in [1.165, 1.54) is 0 Å². The molecule has 0 saturated heterocycles. The topological polar surface area (TPSA) is 112 Å². The first-order chi connectivity index (χ1) is 19.4. The molecule has 8 nitrogen and oxygen atoms in total. The van der Waals surface area contributed by atoms with Gasteiger partial charge in [-0.3, -0.25) is 9.59 Å². The van der Waals surface area contributed by atoms with E-state index in [0.717, 1.165) is 24.0 Å². The highest BCUT2D eigenvalue weighted by Crippen LogP contribution is 2.33. The van der Waals surface area contributed by atoms with Crippen LogP contribution >= 0.6 is 0 Å². The summed E-state index contributed by atoms with van der Waals surface area (Å²) in [5, 5.41) is 20.2. The van der Waals surface area contributed by atoms with Crippen molar-refractivity contribution in [1.29, 1.82) is 0 Å². The molecule has 2 unspecified atom stereocenters. The first-order valence-corrected chi connectivity index (χ1v) is 14.5. The van der Waals surface area contributed by atoms with Gasteiger partial charge in [0.15, 0.2) is 0 Å². The maximum absolute atomic E-state index is 11.7. The average Bonchev–Trinajstić information content (AvgIpc) is 2.95. The van der Waals surface area contributed by atoms with E-state index in [9.17, 15) is 19.8 Å². The molecule has 0 bridgehead atoms. The molecule has 2 atom stereocenters. The third-order valence-electron chi connectivity index (χ3n) is 6.76. The number of esters is 2. The highest BCUT2D eigenvalue weighted by molar-refractivity contribution is 5.69. The molecular weight excluding hydrogens is 524 g/mol. The zero-order valence-corrected chi connectivity index (χ0v) is 25.4. The summed E-state index contributed by atoms with van der Waals surface area (Å²) in [4.78, 5) is 23.5. The normalized spacial score (nSPS) is 13.1. The van der Waals surface area contributed by atoms with Crippen LogP contribution in [0.15, 0.2) is 48.5 Å². The molecule has 2 N–H and O–H groups in total. The van der Waals surface area contributed by atoms with Crippen molar-refractivity contribution in [3.63, 3.8) is 0 Å². The quantitative estimate of drug-likeness (QED) is 0.227. The fourth-order valence-corrected chi connectivity index (χ4v) is 3.92. The third kappa shape index (κ3) is 13.0. The Kier molecular flexibility index (Phi) is 14.1. The van der Waals surface area contributed by atoms with Gasteiger partial charge in [0, 0.05) is 18.3 Å². The number of benzene rings is 2. The summed E-state index contributed by atoms with van der Waals surface area (Å²) < 4.78 is 21.6. The van der Waals surface area contributed by atoms with Crippen LogP contribution in [0.2, 0.25) is 0 Å². The van der Waals surface area contributed by atoms with Crippen molar-refractivity contribution in [2.45, 2.75) is 84.8 Å². The van der Waals surface area contributed by atoms with Gasteiger partial charge in [-0.15, -0.1) is 0 Å². The Balaban J connectivity index is 1.80. The molecular formula is C33H48O8. The van der Waals surface area contributed by atoms with Crippen molar-refractivity contribution in [3.05, 3.63) is 59.7 Å². The van der Waals surface area contributed by atoms with Gasteiger partial charge in [0.2, 0.25) is 0 Å². The lowest BCUT2D eigenvalue weighted by molar-refractivity contribution is -0.148. The second-order valence-corrected chi connectivity index (χ2v) is 11.8. The lowest BCUT2D eigenvalue weighted by Crippen LogP contribution is -2.25. The van der Waals surface area contributed by atoms with Crippen molar-refractivity contribution >= 4 is 11.9 Å². The summed E-state index contributed by atoms with van der Waals surface area (Å²) >= 11 is 0. The zero-order valence-electron chi connectivity index (χ0n) is 25.4. The van der Waals surface area contributed by atoms with E-state index in [1.54, 1.807) is 0 Å². The first kappa shape index (κ1) is 34.1. The monoisotopic (exact) mass is 572 g/mol. The average molecular weight is 573 g/mol. The fourth-order valence-electron chi connectivity index (χ4n) is 3.92. The van der Waals surface area contributed by atoms with Crippen LogP contribution in [0.3, 0.4) is 0 Å². The van der Waals surface area contributed by atoms with Crippen LogP contribution in [0.4, 0.5) is 0 Å². The van der Waals surface area contributed by atoms with Crippen LogP contribution in [0.1, 0.15) is 78.4 Å². The first-order valence-electron chi connectivity index (χ1n) is 14.5. The number of hydrogen-bond acceptors (Lipinski definition) is 8. The van der Waals surface area contributed by atoms with Crippen LogP contribution in [-0.4, -0.2) is 60.8 Å². The molecule has 0 radical (unpaired) electrons. The number of ether oxygens (including phenoxy) is 4. The molecule has 8 heteroatoms. The molecule has 2 rings (SSSR count). The van der Waals surface area contributed by atoms with Crippen molar-refractivity contribution in [3.8, 4) is 11.5 Å². The summed E-state index contributed by atoms with van der Waals surface area (Å²) in [5.41, 5.74) is 1.85. The number of aliphatic hydroxyl groups is 2. The Hall–Kier alpha value is -3.10. The van der Waals surface area contributed by atoms with Gasteiger partial charge in [-0.2, -0.15) is 0 Å². The minimum absolute atomic E-state index is 0.0247. The van der Waals surface area contributed by atoms with Gasteiger partial charge in [-0.1, -0.05) is 65.8 Å². The van der Waals surface area contributed by atoms with E-state index in [2.05, 4.69) is 13.8 Å². The number of carbonyl (C=O) groups is 2. The second-order valence-electron chi connectivity index (χ2n) is 11.8. The lowest BCUT2D eigenvalue weighted by Gasteiger charge is -2.26. The highest BCUT2D eigenvalue weighted by Gasteiger charge is 2.23. The highest BCUT2D eigenvalue weighted by atomic mass is 16.6. The molecule has 0 spiro atoms. The SMILES string of the molecule is CC(C)CCC(=O)OCC(O)COc1ccc(C(C)(C)c2ccc(OCC(O)COC(=O)CCC(C)C)cc2)cc1. The lowest BCUT2D eigenvalue weighted by atomic mass is 9.78. The van der Waals surface area contributed by atoms with Crippen molar-refractivity contribution in [2.75, 3.05) is 26.4 Å². The molecule has 0 fully saturated rings. The molecule has 2 aromatic rings. The van der Waals surface area contributed by atoms with E-state index < -0.39 is 12.2 Å². The van der Waals surface area contributed by atoms with Crippen LogP contribution in [0.5, 0.6) is 11.5 Å². The fraction of sp³-hybridized carbons (Fsp3) is 0.576. The minimum atomic E-state index is -0.902. The number of rotatable bonds is 18. The van der Waals surface area contributed by atoms with E-state index in [1.807, 2.05) is 76.2 Å². The molecule has 0 aliphatic heterocycles. The number of aliphatic hydroxyl groups excluding tert-OH is 2. The van der Waals surface area contributed by atoms with Crippen molar-refractivity contribution in [1.82, 2.24) is 0 Å². The third-order valence-corrected chi connectivity index (χ3v) is 6.76. The largest absolute Gasteiger partial charge is 0.491 e. The Morgan fingerprint density at radius 2 is 0.976 bits per heavy atom. The number of hydrogen-bond donors (Lipinski definition) is 2. The second kappa shape index (κ2) is 17.0. The van der Waals surface area contributed by atoms with Crippen LogP contribution < -0.4 is 9.47 Å². The summed E-state index contributed by atoms with van der Waals surface area (Å²) in [6.07, 6.45) is 0.405. The number of carbonyl (C=O) groups excluding carboxylic acids is 2. The molecule has 0 amide bonds. The van der Waals surface area contributed by atoms with Crippen molar-refractivity contribution in [2.24, 2.45) is 11.8 Å². The van der Waals surface area contributed by atoms with E-state index in [4.69, 9.17) is 18.9 Å². The summed E-state index contributed by atoms with van der Waals surface area (Å²) in [6.45, 7) is 12.3. The van der Waals surface area contributed by atoms with E-state index in [-0.39, 0.29) is 43.8 Å². The Labute approximate surface area is 245 Å². The van der Waals surface area contributed by atoms with Crippen LogP contribution in [0.25, 0.3) is 0 Å². The van der Waals surface area contributed by atoms with Crippen LogP contribution in [-0.2, 0) is 24.5 Å². The standard InChI is InChI=1S/C33H48O8/c1-23(2)7-17-31(36)40-21-27(34)19-38-29-13-9-25(10-14-29)33(5,6)26-11-15-30(16-12-26)39-20-28(35)22-41-32(37)18-8-24(3)4/h9-16,23-24,27-28,34-35H,7-8,17-22H2,1-6H3. The summed E-state index contributed by atoms with van der Waals surface area (Å²) in [6, 6.07) is 15.3. The predicted molar refractivity (Wildman–Crippen MR) is 158 cm³/mol. The van der Waals surface area contributed by atoms with Gasteiger partial charge in [0.25, 0.3) is 0 Å². The molecule has 41 heavy (non-hydrogen) atoms. The zero-order chi connectivity index (χ0) is 30.4. The summed E-state index contributed by atoms with van der Waals surface area (Å²) in [5.74, 6) is 1.46. The molecule has 228 valence electrons. The Morgan fingerprint density at radius 3 is 1.29 bits per heavy atom. The maximum Gasteiger partial charge on any atom is 0.305 e. The smallest absolute Gasteiger partial charge is 0.305 e. The molecule has 0 heterocycles. The van der Waals surface area contributed by atoms with E-state index >= 15 is 0 Å². The van der Waals surface area contributed by atoms with Crippen LogP contribution in [0, 0.1) is 11.8 Å². The molecule has 0 saturated carbocycles. The molecule has 0 aliphatic rings. The van der Waals surface area contributed by atoms with Gasteiger partial charge in [0.1, 0.15) is 50.1 Å². The maximum atomic E-state index is 11.7. The Morgan fingerprint density at radius 1 is 0.634 bits per heavy atom.